The second-order valence-electron chi connectivity index (χ2n) is 5.97. The highest BCUT2D eigenvalue weighted by molar-refractivity contribution is 5.67. The second kappa shape index (κ2) is 6.40. The predicted molar refractivity (Wildman–Crippen MR) is 88.6 cm³/mol. The summed E-state index contributed by atoms with van der Waals surface area (Å²) in [5, 5.41) is 15.5. The largest absolute Gasteiger partial charge is 0.372 e. The summed E-state index contributed by atoms with van der Waals surface area (Å²) in [6, 6.07) is 13.8. The summed E-state index contributed by atoms with van der Waals surface area (Å²) in [6.45, 7) is 1.79. The first kappa shape index (κ1) is 14.8. The van der Waals surface area contributed by atoms with Gasteiger partial charge in [0, 0.05) is 24.3 Å². The van der Waals surface area contributed by atoms with Gasteiger partial charge in [0.2, 0.25) is 0 Å². The number of nitrogens with zero attached hydrogens (tertiary/aromatic N) is 4. The molecule has 120 valence electrons. The van der Waals surface area contributed by atoms with Crippen LogP contribution >= 0.6 is 0 Å². The van der Waals surface area contributed by atoms with Crippen molar-refractivity contribution in [2.75, 3.05) is 13.2 Å². The lowest BCUT2D eigenvalue weighted by Gasteiger charge is -2.10. The van der Waals surface area contributed by atoms with Gasteiger partial charge < -0.3 is 10.1 Å². The Morgan fingerprint density at radius 2 is 2.17 bits per heavy atom. The molecule has 3 aromatic rings. The van der Waals surface area contributed by atoms with E-state index in [2.05, 4.69) is 27.5 Å². The maximum atomic E-state index is 8.96. The Balaban J connectivity index is 1.67. The van der Waals surface area contributed by atoms with Crippen molar-refractivity contribution in [2.24, 2.45) is 0 Å². The minimum Gasteiger partial charge on any atom is -0.372 e. The van der Waals surface area contributed by atoms with Crippen LogP contribution in [0.2, 0.25) is 0 Å². The Hall–Kier alpha value is -2.75. The summed E-state index contributed by atoms with van der Waals surface area (Å²) < 4.78 is 7.52. The Morgan fingerprint density at radius 1 is 1.29 bits per heavy atom. The highest BCUT2D eigenvalue weighted by Gasteiger charge is 2.18. The number of fused-ring (bicyclic) bond motifs is 1. The van der Waals surface area contributed by atoms with E-state index in [4.69, 9.17) is 10.00 Å². The maximum absolute atomic E-state index is 8.96. The lowest BCUT2D eigenvalue weighted by atomic mass is 10.1. The van der Waals surface area contributed by atoms with Crippen LogP contribution in [-0.4, -0.2) is 33.9 Å². The van der Waals surface area contributed by atoms with Gasteiger partial charge in [-0.05, 0) is 25.0 Å². The summed E-state index contributed by atoms with van der Waals surface area (Å²) in [6.07, 6.45) is 4.17. The van der Waals surface area contributed by atoms with E-state index < -0.39 is 0 Å². The van der Waals surface area contributed by atoms with Gasteiger partial charge in [0.1, 0.15) is 24.7 Å². The van der Waals surface area contributed by atoms with Crippen LogP contribution in [0.3, 0.4) is 0 Å². The number of benzene rings is 1. The molecule has 4 rings (SSSR count). The Kier molecular flexibility index (Phi) is 3.95. The molecule has 2 N–H and O–H groups in total. The average Bonchev–Trinajstić information content (AvgIpc) is 3.30. The third-order valence-electron chi connectivity index (χ3n) is 4.35. The van der Waals surface area contributed by atoms with E-state index in [-0.39, 0.29) is 0 Å². The molecule has 3 heterocycles. The normalized spacial score (nSPS) is 17.2. The lowest BCUT2D eigenvalue weighted by molar-refractivity contribution is -0.579. The van der Waals surface area contributed by atoms with E-state index in [0.29, 0.717) is 11.7 Å². The van der Waals surface area contributed by atoms with Crippen LogP contribution in [0.5, 0.6) is 0 Å². The molecule has 0 amide bonds. The summed E-state index contributed by atoms with van der Waals surface area (Å²) >= 11 is 0. The van der Waals surface area contributed by atoms with Crippen molar-refractivity contribution in [2.45, 2.75) is 18.9 Å². The topological polar surface area (TPSA) is 79.8 Å². The number of hydrogen-bond donors (Lipinski definition) is 1. The van der Waals surface area contributed by atoms with Gasteiger partial charge in [0.25, 0.3) is 0 Å². The molecule has 0 aliphatic carbocycles. The van der Waals surface area contributed by atoms with Crippen molar-refractivity contribution in [3.63, 3.8) is 0 Å². The summed E-state index contributed by atoms with van der Waals surface area (Å²) in [4.78, 5) is 4.33. The van der Waals surface area contributed by atoms with Crippen LogP contribution in [0.4, 0.5) is 5.69 Å². The summed E-state index contributed by atoms with van der Waals surface area (Å²) in [5.41, 5.74) is 4.56. The lowest BCUT2D eigenvalue weighted by Crippen LogP contribution is -2.80. The van der Waals surface area contributed by atoms with Crippen molar-refractivity contribution in [1.82, 2.24) is 14.6 Å². The predicted octanol–water partition coefficient (Wildman–Crippen LogP) is 1.64. The number of ether oxygens (including phenoxy) is 1. The molecule has 1 aliphatic heterocycles. The van der Waals surface area contributed by atoms with Gasteiger partial charge in [0.05, 0.1) is 17.3 Å². The zero-order chi connectivity index (χ0) is 16.4. The SMILES string of the molecule is N#Cc1ccc(-c2cc([NH2+]CC3CCCO3)cc3ncnn23)cc1. The fourth-order valence-corrected chi connectivity index (χ4v) is 3.08. The number of quaternary nitrogens is 1. The fraction of sp³-hybridized carbons (Fsp3) is 0.278. The van der Waals surface area contributed by atoms with Gasteiger partial charge in [-0.2, -0.15) is 10.4 Å². The number of hydrogen-bond acceptors (Lipinski definition) is 4. The molecule has 1 saturated heterocycles. The minimum atomic E-state index is 0.331. The smallest absolute Gasteiger partial charge is 0.161 e. The van der Waals surface area contributed by atoms with E-state index in [1.165, 1.54) is 0 Å². The molecule has 0 saturated carbocycles. The van der Waals surface area contributed by atoms with E-state index in [1.54, 1.807) is 6.33 Å². The third kappa shape index (κ3) is 2.87. The summed E-state index contributed by atoms with van der Waals surface area (Å²) in [5.74, 6) is 0. The van der Waals surface area contributed by atoms with Gasteiger partial charge in [-0.3, -0.25) is 0 Å². The van der Waals surface area contributed by atoms with Crippen molar-refractivity contribution in [3.05, 3.63) is 48.3 Å². The van der Waals surface area contributed by atoms with Gasteiger partial charge in [-0.1, -0.05) is 12.1 Å². The highest BCUT2D eigenvalue weighted by atomic mass is 16.5. The molecule has 1 atom stereocenters. The van der Waals surface area contributed by atoms with Crippen molar-refractivity contribution < 1.29 is 10.1 Å². The number of rotatable bonds is 4. The quantitative estimate of drug-likeness (QED) is 0.792. The average molecular weight is 320 g/mol. The van der Waals surface area contributed by atoms with Gasteiger partial charge in [-0.15, -0.1) is 0 Å². The third-order valence-corrected chi connectivity index (χ3v) is 4.35. The fourth-order valence-electron chi connectivity index (χ4n) is 3.08. The molecule has 1 aliphatic rings. The monoisotopic (exact) mass is 320 g/mol. The Morgan fingerprint density at radius 3 is 2.92 bits per heavy atom. The van der Waals surface area contributed by atoms with Gasteiger partial charge in [-0.25, -0.2) is 9.50 Å². The van der Waals surface area contributed by atoms with Crippen LogP contribution in [0.1, 0.15) is 18.4 Å². The van der Waals surface area contributed by atoms with Crippen LogP contribution in [-0.2, 0) is 4.74 Å². The zero-order valence-electron chi connectivity index (χ0n) is 13.2. The van der Waals surface area contributed by atoms with E-state index in [9.17, 15) is 0 Å². The molecule has 1 unspecified atom stereocenters. The van der Waals surface area contributed by atoms with E-state index in [1.807, 2.05) is 34.8 Å². The first-order chi connectivity index (χ1) is 11.8. The van der Waals surface area contributed by atoms with Gasteiger partial charge in [0.15, 0.2) is 5.65 Å². The molecule has 6 nitrogen and oxygen atoms in total. The van der Waals surface area contributed by atoms with Crippen molar-refractivity contribution in [1.29, 1.82) is 5.26 Å². The molecule has 0 bridgehead atoms. The van der Waals surface area contributed by atoms with Gasteiger partial charge >= 0.3 is 0 Å². The first-order valence-corrected chi connectivity index (χ1v) is 8.12. The molecular weight excluding hydrogens is 302 g/mol. The maximum Gasteiger partial charge on any atom is 0.161 e. The van der Waals surface area contributed by atoms with E-state index in [0.717, 1.165) is 48.6 Å². The summed E-state index contributed by atoms with van der Waals surface area (Å²) in [7, 11) is 0. The molecule has 0 radical (unpaired) electrons. The molecule has 6 heteroatoms. The van der Waals surface area contributed by atoms with E-state index >= 15 is 0 Å². The van der Waals surface area contributed by atoms with Crippen LogP contribution in [0.15, 0.2) is 42.7 Å². The first-order valence-electron chi connectivity index (χ1n) is 8.12. The molecular formula is C18H18N5O+. The number of nitriles is 1. The number of nitrogens with two attached hydrogens (primary N) is 1. The van der Waals surface area contributed by atoms with Crippen LogP contribution in [0.25, 0.3) is 16.9 Å². The van der Waals surface area contributed by atoms with Crippen LogP contribution < -0.4 is 5.32 Å². The molecule has 2 aromatic heterocycles. The van der Waals surface area contributed by atoms with Crippen LogP contribution in [0, 0.1) is 11.3 Å². The Labute approximate surface area is 139 Å². The second-order valence-corrected chi connectivity index (χ2v) is 5.97. The molecule has 0 spiro atoms. The zero-order valence-corrected chi connectivity index (χ0v) is 13.2. The standard InChI is InChI=1S/C18H17N5O/c19-10-13-3-5-14(6-4-13)17-8-15(9-18-21-12-22-23(17)18)20-11-16-2-1-7-24-16/h3-6,8-9,12,16,20H,1-2,7,11H2/p+1. The Bertz CT molecular complexity index is 888. The van der Waals surface area contributed by atoms with Crippen molar-refractivity contribution in [3.8, 4) is 17.3 Å². The molecule has 24 heavy (non-hydrogen) atoms. The number of aromatic nitrogens is 3. The minimum absolute atomic E-state index is 0.331. The number of pyridine rings is 1. The van der Waals surface area contributed by atoms with Crippen molar-refractivity contribution >= 4 is 11.3 Å². The highest BCUT2D eigenvalue weighted by Crippen LogP contribution is 2.23. The molecule has 1 aromatic carbocycles. The molecule has 1 fully saturated rings.